The Kier molecular flexibility index (Phi) is 28.9. The van der Waals surface area contributed by atoms with Crippen LogP contribution < -0.4 is 44.0 Å². The smallest absolute Gasteiger partial charge is 0.394 e. The topological polar surface area (TPSA) is 721 Å². The van der Waals surface area contributed by atoms with E-state index in [1.165, 1.54) is 63.1 Å². The zero-order chi connectivity index (χ0) is 74.3. The molecule has 4 aromatic heterocycles. The molecule has 99 heavy (non-hydrogen) atoms. The number of rotatable bonds is 22. The average molecular weight is 1610 g/mol. The maximum atomic E-state index is 12.2. The highest BCUT2D eigenvalue weighted by molar-refractivity contribution is 8.05. The van der Waals surface area contributed by atoms with E-state index in [9.17, 15) is 107 Å². The van der Waals surface area contributed by atoms with Crippen LogP contribution in [0.15, 0.2) is 68.2 Å². The number of anilines is 4. The number of hydrogen-bond donors (Lipinski definition) is 19. The molecule has 20 atom stereocenters. The van der Waals surface area contributed by atoms with Crippen LogP contribution in [0.2, 0.25) is 0 Å². The van der Waals surface area contributed by atoms with Crippen molar-refractivity contribution in [1.82, 2.24) is 38.2 Å². The summed E-state index contributed by atoms with van der Waals surface area (Å²) >= 11 is 10.5. The van der Waals surface area contributed by atoms with Gasteiger partial charge in [0.05, 0.1) is 26.4 Å². The van der Waals surface area contributed by atoms with Gasteiger partial charge in [0.15, 0.2) is 24.9 Å². The zero-order valence-electron chi connectivity index (χ0n) is 50.2. The van der Waals surface area contributed by atoms with Crippen molar-refractivity contribution in [2.45, 2.75) is 98.2 Å². The standard InChI is InChI=1S/C10H14Cl2N3O6P.C10H18N3O14P3.C10H16N3O13P3.C10H15N3O5/c1-13-6-2-3-15(10(18)14-6)9-8(17)7(16)5(21-9)4-20-22(11,12)19;1-11-6-2-3-13(10(16)12-6)9-8(15)7(14)5(25-9)4-24-29(20,21)27-30(22,23)26-28(17,18)19;1-11-6-2-3-13(10(16)12-6)9-8(15)7(14)5(23-9)4-22-29(21)25-27(17,18)24-28(19,20)26-29;1-11-6-2-3-13(10(17)12-6)9-8(16)7(15)5(4-14)18-9/h2-3,5,7-9,16-17H,4H2,1H3,(H,13,14,18);2-3,5,7-9,14-15H,4H2,1H3,(H,20,21)(H,22,23)(H,11,12,16)(H2,17,18,19);2-3,5,7-9,14-15H,4H2,1H3,(H,17,18)(H,19,20)(H,11,12,16);2-3,5,7-9,14-16H,4H2,1H3,(H,11,12,17)/t4*5-,7?,8+,9-/m1111/s1. The van der Waals surface area contributed by atoms with Crippen molar-refractivity contribution in [2.75, 3.05) is 75.9 Å². The molecule has 0 amide bonds. The van der Waals surface area contributed by atoms with Crippen LogP contribution in [-0.2, 0) is 86.0 Å². The van der Waals surface area contributed by atoms with E-state index in [0.717, 1.165) is 18.3 Å². The number of phosphoric ester groups is 1. The third kappa shape index (κ3) is 22.9. The van der Waals surface area contributed by atoms with E-state index >= 15 is 0 Å². The highest BCUT2D eigenvalue weighted by atomic mass is 35.9. The summed E-state index contributed by atoms with van der Waals surface area (Å²) in [5, 5.41) is 99.2. The molecule has 5 aliphatic rings. The third-order valence-electron chi connectivity index (χ3n) is 13.2. The van der Waals surface area contributed by atoms with Crippen LogP contribution in [0.3, 0.4) is 0 Å². The van der Waals surface area contributed by atoms with E-state index < -0.39 is 200 Å². The zero-order valence-corrected chi connectivity index (χ0v) is 58.0. The SMILES string of the molecule is CNc1ccn([C@@H]2O[C@H](CO)C(O)[C@@H]2O)c(=O)n1.CNc1ccn([C@@H]2O[C@H](COP(=O)(Cl)Cl)C(O)[C@@H]2O)c(=O)n1.CNc1ccn([C@@H]2O[C@H](COP(=O)(O)OP(=O)(O)OP(=O)(O)O)C(O)[C@@H]2O)c(=O)n1.CNc1ccn([C@@H]2O[C@H](COP3(=O)OP(=O)(O)OP(=O)(O)O3)C(O)[C@@H]2O)c(=O)n1. The Balaban J connectivity index is 0.000000212. The number of nitrogens with one attached hydrogen (secondary N) is 4. The average Bonchev–Trinajstić information content (AvgIpc) is 1.80. The molecule has 0 bridgehead atoms. The van der Waals surface area contributed by atoms with Crippen LogP contribution in [0.4, 0.5) is 23.3 Å². The summed E-state index contributed by atoms with van der Waals surface area (Å²) in [5.41, 5.74) is -2.96. The fourth-order valence-electron chi connectivity index (χ4n) is 8.65. The minimum Gasteiger partial charge on any atom is -0.394 e. The summed E-state index contributed by atoms with van der Waals surface area (Å²) in [6.07, 6.45) is -20.7. The molecule has 50 nitrogen and oxygen atoms in total. The number of hydrogen-bond acceptors (Lipinski definition) is 40. The predicted octanol–water partition coefficient (Wildman–Crippen LogP) is -4.06. The molecule has 560 valence electrons. The summed E-state index contributed by atoms with van der Waals surface area (Å²) in [7, 11) is -26.0. The lowest BCUT2D eigenvalue weighted by Gasteiger charge is -2.27. The largest absolute Gasteiger partial charge is 0.492 e. The first-order chi connectivity index (χ1) is 45.8. The fourth-order valence-corrected chi connectivity index (χ4v) is 17.3. The molecule has 59 heteroatoms. The normalized spacial score (nSPS) is 33.3. The Morgan fingerprint density at radius 2 is 0.758 bits per heavy atom. The van der Waals surface area contributed by atoms with Crippen LogP contribution in [0.25, 0.3) is 0 Å². The van der Waals surface area contributed by atoms with Crippen molar-refractivity contribution < 1.29 is 161 Å². The van der Waals surface area contributed by atoms with Crippen molar-refractivity contribution in [3.8, 4) is 0 Å². The van der Waals surface area contributed by atoms with Gasteiger partial charge < -0.3 is 120 Å². The molecule has 5 fully saturated rings. The highest BCUT2D eigenvalue weighted by Crippen LogP contribution is 2.80. The van der Waals surface area contributed by atoms with Crippen molar-refractivity contribution >= 4 is 98.8 Å². The Morgan fingerprint density at radius 1 is 0.465 bits per heavy atom. The lowest BCUT2D eigenvalue weighted by molar-refractivity contribution is -0.0549. The van der Waals surface area contributed by atoms with Gasteiger partial charge in [-0.25, -0.2) is 46.6 Å². The molecular formula is C40H63Cl2N12O38P7. The van der Waals surface area contributed by atoms with Gasteiger partial charge in [-0.05, 0) is 46.7 Å². The van der Waals surface area contributed by atoms with E-state index in [4.69, 9.17) is 61.2 Å². The van der Waals surface area contributed by atoms with Gasteiger partial charge in [0.1, 0.15) is 96.5 Å². The van der Waals surface area contributed by atoms with Crippen LogP contribution in [0.5, 0.6) is 0 Å². The molecule has 9 rings (SSSR count). The number of ether oxygens (including phenoxy) is 4. The quantitative estimate of drug-likeness (QED) is 0.0333. The van der Waals surface area contributed by atoms with E-state index in [-0.39, 0.29) is 11.6 Å². The van der Waals surface area contributed by atoms with Gasteiger partial charge in [0, 0.05) is 53.0 Å². The number of halogens is 2. The van der Waals surface area contributed by atoms with Gasteiger partial charge in [0.25, 0.3) is 0 Å². The summed E-state index contributed by atoms with van der Waals surface area (Å²) < 4.78 is 137. The van der Waals surface area contributed by atoms with Crippen molar-refractivity contribution in [3.05, 3.63) is 91.0 Å². The Labute approximate surface area is 561 Å². The van der Waals surface area contributed by atoms with Gasteiger partial charge in [-0.15, -0.1) is 0 Å². The number of aliphatic hydroxyl groups excluding tert-OH is 9. The molecule has 0 aromatic carbocycles. The summed E-state index contributed by atoms with van der Waals surface area (Å²) in [5.74, 6) is 1.20. The van der Waals surface area contributed by atoms with E-state index in [0.29, 0.717) is 11.6 Å². The molecule has 5 aliphatic heterocycles. The first-order valence-corrected chi connectivity index (χ1v) is 39.4. The minimum atomic E-state index is -5.71. The van der Waals surface area contributed by atoms with Crippen molar-refractivity contribution in [2.24, 2.45) is 0 Å². The third-order valence-corrected chi connectivity index (χ3v) is 23.4. The van der Waals surface area contributed by atoms with Crippen LogP contribution in [-0.4, -0.2) is 241 Å². The van der Waals surface area contributed by atoms with Crippen molar-refractivity contribution in [1.29, 1.82) is 0 Å². The molecular weight excluding hydrogens is 1540 g/mol. The van der Waals surface area contributed by atoms with Gasteiger partial charge in [-0.3, -0.25) is 31.9 Å². The molecule has 0 spiro atoms. The summed E-state index contributed by atoms with van der Waals surface area (Å²) in [6.45, 7) is -2.74. The first-order valence-electron chi connectivity index (χ1n) is 27.0. The first kappa shape index (κ1) is 83.8. The second kappa shape index (κ2) is 34.2. The molecule has 4 aromatic rings. The molecule has 8 unspecified atom stereocenters. The van der Waals surface area contributed by atoms with E-state index in [2.05, 4.69) is 76.3 Å². The van der Waals surface area contributed by atoms with Crippen molar-refractivity contribution in [3.63, 3.8) is 0 Å². The van der Waals surface area contributed by atoms with Gasteiger partial charge in [-0.1, -0.05) is 0 Å². The Morgan fingerprint density at radius 3 is 1.03 bits per heavy atom. The molecule has 0 radical (unpaired) electrons. The lowest BCUT2D eigenvalue weighted by Crippen LogP contribution is -2.36. The number of nitrogens with zero attached hydrogens (tertiary/aromatic N) is 8. The molecule has 19 N–H and O–H groups in total. The van der Waals surface area contributed by atoms with Gasteiger partial charge in [-0.2, -0.15) is 41.5 Å². The second-order valence-electron chi connectivity index (χ2n) is 19.9. The maximum absolute atomic E-state index is 12.2. The Bertz CT molecular complexity index is 4030. The molecule has 0 saturated carbocycles. The number of aromatic nitrogens is 8. The van der Waals surface area contributed by atoms with Gasteiger partial charge >= 0.3 is 75.8 Å². The van der Waals surface area contributed by atoms with E-state index in [1.54, 1.807) is 14.1 Å². The fraction of sp³-hybridized carbons (Fsp3) is 0.600. The van der Waals surface area contributed by atoms with Crippen LogP contribution in [0.1, 0.15) is 24.9 Å². The number of aliphatic hydroxyl groups is 9. The predicted molar refractivity (Wildman–Crippen MR) is 325 cm³/mol. The van der Waals surface area contributed by atoms with Gasteiger partial charge in [0.2, 0.25) is 0 Å². The summed E-state index contributed by atoms with van der Waals surface area (Å²) in [6, 6.07) is 5.80. The Hall–Kier alpha value is -4.17. The molecule has 9 heterocycles. The monoisotopic (exact) mass is 1610 g/mol. The van der Waals surface area contributed by atoms with Crippen LogP contribution >= 0.6 is 75.5 Å². The van der Waals surface area contributed by atoms with Crippen LogP contribution in [0, 0.1) is 0 Å². The van der Waals surface area contributed by atoms with E-state index in [1.807, 2.05) is 0 Å². The highest BCUT2D eigenvalue weighted by Gasteiger charge is 2.56. The maximum Gasteiger partial charge on any atom is 0.492 e. The minimum absolute atomic E-state index is 0.216. The lowest BCUT2D eigenvalue weighted by atomic mass is 10.1. The number of phosphoric acid groups is 6. The second-order valence-corrected chi connectivity index (χ2v) is 33.6. The molecule has 5 saturated heterocycles. The summed E-state index contributed by atoms with van der Waals surface area (Å²) in [4.78, 5) is 116. The molecule has 0 aliphatic carbocycles.